The van der Waals surface area contributed by atoms with Crippen molar-refractivity contribution in [2.75, 3.05) is 18.8 Å². The summed E-state index contributed by atoms with van der Waals surface area (Å²) in [5.41, 5.74) is 8.16. The number of rotatable bonds is 2. The SMILES string of the molecule is CC1=CC[C@@H]2CN(C(=O)Cn3nc(C)cc3N)C[C@@H]2C1. The molecule has 2 N–H and O–H groups in total. The van der Waals surface area contributed by atoms with Crippen molar-refractivity contribution in [2.24, 2.45) is 11.8 Å². The largest absolute Gasteiger partial charge is 0.384 e. The lowest BCUT2D eigenvalue weighted by Gasteiger charge is -2.21. The highest BCUT2D eigenvalue weighted by Gasteiger charge is 2.36. The van der Waals surface area contributed by atoms with Crippen LogP contribution in [0.5, 0.6) is 0 Å². The Morgan fingerprint density at radius 1 is 1.40 bits per heavy atom. The number of carbonyl (C=O) groups excluding carboxylic acids is 1. The summed E-state index contributed by atoms with van der Waals surface area (Å²) >= 11 is 0. The van der Waals surface area contributed by atoms with Gasteiger partial charge in [-0.3, -0.25) is 4.79 Å². The molecule has 5 nitrogen and oxygen atoms in total. The number of nitrogen functional groups attached to an aromatic ring is 1. The van der Waals surface area contributed by atoms with Crippen molar-refractivity contribution in [3.05, 3.63) is 23.4 Å². The van der Waals surface area contributed by atoms with Crippen LogP contribution in [0.1, 0.15) is 25.5 Å². The van der Waals surface area contributed by atoms with Gasteiger partial charge in [0.05, 0.1) is 5.69 Å². The number of fused-ring (bicyclic) bond motifs is 1. The monoisotopic (exact) mass is 274 g/mol. The normalized spacial score (nSPS) is 25.5. The molecule has 0 saturated carbocycles. The van der Waals surface area contributed by atoms with Crippen LogP contribution in [0.15, 0.2) is 17.7 Å². The van der Waals surface area contributed by atoms with Gasteiger partial charge in [-0.25, -0.2) is 4.68 Å². The summed E-state index contributed by atoms with van der Waals surface area (Å²) < 4.78 is 1.60. The molecule has 0 bridgehead atoms. The van der Waals surface area contributed by atoms with Crippen LogP contribution in [0.4, 0.5) is 5.82 Å². The van der Waals surface area contributed by atoms with Crippen LogP contribution < -0.4 is 5.73 Å². The summed E-state index contributed by atoms with van der Waals surface area (Å²) in [4.78, 5) is 14.4. The maximum absolute atomic E-state index is 12.4. The lowest BCUT2D eigenvalue weighted by atomic mass is 9.83. The number of aryl methyl sites for hydroxylation is 1. The first kappa shape index (κ1) is 13.2. The predicted octanol–water partition coefficient (Wildman–Crippen LogP) is 1.59. The molecular formula is C15H22N4O. The van der Waals surface area contributed by atoms with Gasteiger partial charge in [0.25, 0.3) is 0 Å². The Morgan fingerprint density at radius 2 is 2.15 bits per heavy atom. The van der Waals surface area contributed by atoms with Gasteiger partial charge < -0.3 is 10.6 Å². The zero-order valence-electron chi connectivity index (χ0n) is 12.2. The minimum atomic E-state index is 0.131. The van der Waals surface area contributed by atoms with E-state index < -0.39 is 0 Å². The number of anilines is 1. The van der Waals surface area contributed by atoms with Gasteiger partial charge in [0.15, 0.2) is 0 Å². The van der Waals surface area contributed by atoms with Crippen molar-refractivity contribution in [2.45, 2.75) is 33.2 Å². The topological polar surface area (TPSA) is 64.2 Å². The van der Waals surface area contributed by atoms with Crippen LogP contribution >= 0.6 is 0 Å². The first-order chi connectivity index (χ1) is 9.52. The minimum absolute atomic E-state index is 0.131. The lowest BCUT2D eigenvalue weighted by Crippen LogP contribution is -2.32. The predicted molar refractivity (Wildman–Crippen MR) is 77.9 cm³/mol. The average Bonchev–Trinajstić information content (AvgIpc) is 2.92. The van der Waals surface area contributed by atoms with Crippen molar-refractivity contribution in [1.29, 1.82) is 0 Å². The fraction of sp³-hybridized carbons (Fsp3) is 0.600. The van der Waals surface area contributed by atoms with Gasteiger partial charge in [0.1, 0.15) is 12.4 Å². The molecular weight excluding hydrogens is 252 g/mol. The van der Waals surface area contributed by atoms with Crippen LogP contribution in [0, 0.1) is 18.8 Å². The second kappa shape index (κ2) is 4.96. The maximum atomic E-state index is 12.4. The van der Waals surface area contributed by atoms with E-state index in [1.165, 1.54) is 5.57 Å². The van der Waals surface area contributed by atoms with Gasteiger partial charge in [-0.05, 0) is 38.5 Å². The van der Waals surface area contributed by atoms with E-state index in [2.05, 4.69) is 18.1 Å². The molecule has 2 heterocycles. The second-order valence-electron chi connectivity index (χ2n) is 6.18. The number of nitrogens with zero attached hydrogens (tertiary/aromatic N) is 3. The summed E-state index contributed by atoms with van der Waals surface area (Å²) in [6.45, 7) is 6.10. The Balaban J connectivity index is 1.64. The number of allylic oxidation sites excluding steroid dienone is 2. The number of carbonyl (C=O) groups is 1. The Hall–Kier alpha value is -1.78. The molecule has 0 radical (unpaired) electrons. The Labute approximate surface area is 119 Å². The third-order valence-electron chi connectivity index (χ3n) is 4.50. The first-order valence-corrected chi connectivity index (χ1v) is 7.26. The summed E-state index contributed by atoms with van der Waals surface area (Å²) in [7, 11) is 0. The molecule has 1 amide bonds. The fourth-order valence-electron chi connectivity index (χ4n) is 3.41. The second-order valence-corrected chi connectivity index (χ2v) is 6.18. The van der Waals surface area contributed by atoms with Crippen molar-refractivity contribution < 1.29 is 4.79 Å². The van der Waals surface area contributed by atoms with Crippen LogP contribution in [-0.2, 0) is 11.3 Å². The van der Waals surface area contributed by atoms with Crippen molar-refractivity contribution >= 4 is 11.7 Å². The average molecular weight is 274 g/mol. The van der Waals surface area contributed by atoms with E-state index in [-0.39, 0.29) is 12.5 Å². The number of likely N-dealkylation sites (tertiary alicyclic amines) is 1. The molecule has 1 fully saturated rings. The Morgan fingerprint density at radius 3 is 2.85 bits per heavy atom. The van der Waals surface area contributed by atoms with E-state index in [9.17, 15) is 4.79 Å². The third-order valence-corrected chi connectivity index (χ3v) is 4.50. The van der Waals surface area contributed by atoms with Crippen LogP contribution in [0.2, 0.25) is 0 Å². The highest BCUT2D eigenvalue weighted by molar-refractivity contribution is 5.76. The maximum Gasteiger partial charge on any atom is 0.244 e. The van der Waals surface area contributed by atoms with Crippen molar-refractivity contribution in [3.8, 4) is 0 Å². The van der Waals surface area contributed by atoms with Crippen LogP contribution in [-0.4, -0.2) is 33.7 Å². The molecule has 1 aromatic rings. The quantitative estimate of drug-likeness (QED) is 0.833. The minimum Gasteiger partial charge on any atom is -0.384 e. The molecule has 1 aliphatic carbocycles. The smallest absolute Gasteiger partial charge is 0.244 e. The zero-order chi connectivity index (χ0) is 14.3. The van der Waals surface area contributed by atoms with E-state index >= 15 is 0 Å². The van der Waals surface area contributed by atoms with Crippen LogP contribution in [0.25, 0.3) is 0 Å². The van der Waals surface area contributed by atoms with E-state index in [4.69, 9.17) is 5.73 Å². The molecule has 1 saturated heterocycles. The molecule has 0 aromatic carbocycles. The number of amides is 1. The lowest BCUT2D eigenvalue weighted by molar-refractivity contribution is -0.131. The molecule has 1 aromatic heterocycles. The number of nitrogens with two attached hydrogens (primary N) is 1. The molecule has 2 atom stereocenters. The van der Waals surface area contributed by atoms with Gasteiger partial charge in [0, 0.05) is 19.2 Å². The van der Waals surface area contributed by atoms with Crippen LogP contribution in [0.3, 0.4) is 0 Å². The highest BCUT2D eigenvalue weighted by Crippen LogP contribution is 2.35. The number of hydrogen-bond donors (Lipinski definition) is 1. The Bertz CT molecular complexity index is 560. The molecule has 2 aliphatic rings. The van der Waals surface area contributed by atoms with Gasteiger partial charge >= 0.3 is 0 Å². The summed E-state index contributed by atoms with van der Waals surface area (Å²) in [6, 6.07) is 1.80. The number of hydrogen-bond acceptors (Lipinski definition) is 3. The van der Waals surface area contributed by atoms with Gasteiger partial charge in [-0.15, -0.1) is 0 Å². The fourth-order valence-corrected chi connectivity index (χ4v) is 3.41. The summed E-state index contributed by atoms with van der Waals surface area (Å²) in [5, 5.41) is 4.26. The van der Waals surface area contributed by atoms with Gasteiger partial charge in [0.2, 0.25) is 5.91 Å². The molecule has 0 unspecified atom stereocenters. The van der Waals surface area contributed by atoms with E-state index in [1.807, 2.05) is 11.8 Å². The molecule has 5 heteroatoms. The Kier molecular flexibility index (Phi) is 3.28. The van der Waals surface area contributed by atoms with E-state index in [1.54, 1.807) is 10.7 Å². The molecule has 20 heavy (non-hydrogen) atoms. The van der Waals surface area contributed by atoms with E-state index in [0.29, 0.717) is 17.7 Å². The zero-order valence-corrected chi connectivity index (χ0v) is 12.2. The molecule has 108 valence electrons. The molecule has 1 aliphatic heterocycles. The first-order valence-electron chi connectivity index (χ1n) is 7.26. The molecule has 0 spiro atoms. The van der Waals surface area contributed by atoms with Gasteiger partial charge in [-0.2, -0.15) is 5.10 Å². The van der Waals surface area contributed by atoms with E-state index in [0.717, 1.165) is 31.6 Å². The van der Waals surface area contributed by atoms with Gasteiger partial charge in [-0.1, -0.05) is 11.6 Å². The van der Waals surface area contributed by atoms with Crippen molar-refractivity contribution in [1.82, 2.24) is 14.7 Å². The van der Waals surface area contributed by atoms with Crippen molar-refractivity contribution in [3.63, 3.8) is 0 Å². The highest BCUT2D eigenvalue weighted by atomic mass is 16.2. The standard InChI is InChI=1S/C15H22N4O/c1-10-3-4-12-7-18(8-13(12)5-10)15(20)9-19-14(16)6-11(2)17-19/h3,6,12-13H,4-5,7-9,16H2,1-2H3/t12-,13+/m1/s1. The third kappa shape index (κ3) is 2.44. The summed E-state index contributed by atoms with van der Waals surface area (Å²) in [5.74, 6) is 1.97. The number of aromatic nitrogens is 2. The molecule has 3 rings (SSSR count). The summed E-state index contributed by atoms with van der Waals surface area (Å²) in [6.07, 6.45) is 4.57.